The van der Waals surface area contributed by atoms with Crippen molar-refractivity contribution < 1.29 is 14.0 Å². The van der Waals surface area contributed by atoms with Crippen LogP contribution in [0.5, 0.6) is 0 Å². The number of amides is 2. The molecule has 1 unspecified atom stereocenters. The molecule has 0 aliphatic carbocycles. The van der Waals surface area contributed by atoms with Gasteiger partial charge in [0.15, 0.2) is 5.11 Å². The Morgan fingerprint density at radius 3 is 2.40 bits per heavy atom. The summed E-state index contributed by atoms with van der Waals surface area (Å²) in [4.78, 5) is 31.4. The SMILES string of the molecule is CCNC(=O)CC1C(=O)N(c2ccc(F)cc2)C(=S)N1CCN1CCC(Cc2ccccc2)CC1. The van der Waals surface area contributed by atoms with Crippen molar-refractivity contribution in [3.63, 3.8) is 0 Å². The largest absolute Gasteiger partial charge is 0.356 e. The van der Waals surface area contributed by atoms with E-state index in [0.717, 1.165) is 38.9 Å². The molecule has 2 amide bonds. The average molecular weight is 497 g/mol. The molecule has 4 rings (SSSR count). The number of anilines is 1. The Bertz CT molecular complexity index is 1030. The molecule has 0 aromatic heterocycles. The molecule has 2 aromatic carbocycles. The lowest BCUT2D eigenvalue weighted by Crippen LogP contribution is -2.45. The summed E-state index contributed by atoms with van der Waals surface area (Å²) in [5.41, 5.74) is 1.91. The first kappa shape index (κ1) is 25.3. The Hall–Kier alpha value is -2.84. The van der Waals surface area contributed by atoms with Crippen molar-refractivity contribution in [1.82, 2.24) is 15.1 Å². The van der Waals surface area contributed by atoms with Gasteiger partial charge in [-0.25, -0.2) is 4.39 Å². The minimum Gasteiger partial charge on any atom is -0.356 e. The number of nitrogens with one attached hydrogen (secondary N) is 1. The number of thiocarbonyl (C=S) groups is 1. The Morgan fingerprint density at radius 2 is 1.74 bits per heavy atom. The second-order valence-corrected chi connectivity index (χ2v) is 9.64. The molecule has 0 bridgehead atoms. The van der Waals surface area contributed by atoms with Crippen molar-refractivity contribution in [2.24, 2.45) is 5.92 Å². The molecular weight excluding hydrogens is 463 g/mol. The van der Waals surface area contributed by atoms with Gasteiger partial charge in [-0.1, -0.05) is 30.3 Å². The number of benzene rings is 2. The summed E-state index contributed by atoms with van der Waals surface area (Å²) in [6.07, 6.45) is 3.44. The van der Waals surface area contributed by atoms with Gasteiger partial charge < -0.3 is 15.1 Å². The van der Waals surface area contributed by atoms with Crippen LogP contribution in [0.25, 0.3) is 0 Å². The molecule has 8 heteroatoms. The number of nitrogens with zero attached hydrogens (tertiary/aromatic N) is 3. The zero-order chi connectivity index (χ0) is 24.8. The fourth-order valence-corrected chi connectivity index (χ4v) is 5.38. The van der Waals surface area contributed by atoms with Gasteiger partial charge in [-0.3, -0.25) is 14.5 Å². The third-order valence-electron chi connectivity index (χ3n) is 6.89. The number of likely N-dealkylation sites (tertiary alicyclic amines) is 1. The second-order valence-electron chi connectivity index (χ2n) is 9.27. The van der Waals surface area contributed by atoms with Crippen LogP contribution in [0.2, 0.25) is 0 Å². The third-order valence-corrected chi connectivity index (χ3v) is 7.30. The fourth-order valence-electron chi connectivity index (χ4n) is 4.97. The quantitative estimate of drug-likeness (QED) is 0.538. The molecule has 2 heterocycles. The molecule has 2 aliphatic rings. The van der Waals surface area contributed by atoms with Crippen molar-refractivity contribution in [1.29, 1.82) is 0 Å². The van der Waals surface area contributed by atoms with Gasteiger partial charge in [0.05, 0.1) is 12.1 Å². The van der Waals surface area contributed by atoms with Gasteiger partial charge in [0.1, 0.15) is 11.9 Å². The maximum Gasteiger partial charge on any atom is 0.256 e. The lowest BCUT2D eigenvalue weighted by Gasteiger charge is -2.34. The molecule has 186 valence electrons. The predicted molar refractivity (Wildman–Crippen MR) is 140 cm³/mol. The summed E-state index contributed by atoms with van der Waals surface area (Å²) in [5.74, 6) is -0.115. The molecule has 1 N–H and O–H groups in total. The highest BCUT2D eigenvalue weighted by atomic mass is 32.1. The van der Waals surface area contributed by atoms with Crippen LogP contribution in [0.4, 0.5) is 10.1 Å². The van der Waals surface area contributed by atoms with E-state index in [-0.39, 0.29) is 24.1 Å². The number of hydrogen-bond acceptors (Lipinski definition) is 4. The van der Waals surface area contributed by atoms with Crippen molar-refractivity contribution in [2.75, 3.05) is 37.6 Å². The zero-order valence-electron chi connectivity index (χ0n) is 20.2. The predicted octanol–water partition coefficient (Wildman–Crippen LogP) is 3.61. The van der Waals surface area contributed by atoms with E-state index in [0.29, 0.717) is 29.8 Å². The third kappa shape index (κ3) is 6.24. The summed E-state index contributed by atoms with van der Waals surface area (Å²) >= 11 is 5.69. The molecule has 6 nitrogen and oxygen atoms in total. The van der Waals surface area contributed by atoms with Crippen molar-refractivity contribution in [3.8, 4) is 0 Å². The van der Waals surface area contributed by atoms with E-state index < -0.39 is 6.04 Å². The average Bonchev–Trinajstić information content (AvgIpc) is 3.08. The number of carbonyl (C=O) groups is 2. The van der Waals surface area contributed by atoms with Crippen LogP contribution < -0.4 is 10.2 Å². The fraction of sp³-hybridized carbons (Fsp3) is 0.444. The van der Waals surface area contributed by atoms with Crippen LogP contribution in [0, 0.1) is 11.7 Å². The second kappa shape index (κ2) is 11.7. The lowest BCUT2D eigenvalue weighted by atomic mass is 9.90. The summed E-state index contributed by atoms with van der Waals surface area (Å²) < 4.78 is 13.4. The first-order valence-corrected chi connectivity index (χ1v) is 12.8. The molecule has 2 aromatic rings. The van der Waals surface area contributed by atoms with Crippen molar-refractivity contribution >= 4 is 34.8 Å². The van der Waals surface area contributed by atoms with E-state index in [9.17, 15) is 14.0 Å². The molecule has 2 aliphatic heterocycles. The van der Waals surface area contributed by atoms with E-state index >= 15 is 0 Å². The van der Waals surface area contributed by atoms with Gasteiger partial charge in [0, 0.05) is 19.6 Å². The van der Waals surface area contributed by atoms with Crippen LogP contribution in [0.3, 0.4) is 0 Å². The molecule has 2 fully saturated rings. The van der Waals surface area contributed by atoms with E-state index in [1.54, 1.807) is 12.1 Å². The Labute approximate surface area is 212 Å². The highest BCUT2D eigenvalue weighted by Gasteiger charge is 2.44. The van der Waals surface area contributed by atoms with Gasteiger partial charge in [0.25, 0.3) is 5.91 Å². The maximum absolute atomic E-state index is 13.4. The smallest absolute Gasteiger partial charge is 0.256 e. The van der Waals surface area contributed by atoms with Gasteiger partial charge in [-0.2, -0.15) is 0 Å². The van der Waals surface area contributed by atoms with Crippen LogP contribution in [-0.4, -0.2) is 65.5 Å². The Kier molecular flexibility index (Phi) is 8.46. The summed E-state index contributed by atoms with van der Waals surface area (Å²) in [6.45, 7) is 5.71. The summed E-state index contributed by atoms with van der Waals surface area (Å²) in [6, 6.07) is 15.7. The summed E-state index contributed by atoms with van der Waals surface area (Å²) in [5, 5.41) is 3.15. The van der Waals surface area contributed by atoms with Gasteiger partial charge in [-0.05, 0) is 87.2 Å². The number of rotatable bonds is 9. The molecule has 35 heavy (non-hydrogen) atoms. The maximum atomic E-state index is 13.4. The minimum absolute atomic E-state index is 0.0453. The Morgan fingerprint density at radius 1 is 1.06 bits per heavy atom. The molecule has 0 spiro atoms. The number of carbonyl (C=O) groups excluding carboxylic acids is 2. The monoisotopic (exact) mass is 496 g/mol. The Balaban J connectivity index is 1.38. The molecule has 1 atom stereocenters. The van der Waals surface area contributed by atoms with Crippen molar-refractivity contribution in [2.45, 2.75) is 38.6 Å². The van der Waals surface area contributed by atoms with Crippen LogP contribution in [0.15, 0.2) is 54.6 Å². The zero-order valence-corrected chi connectivity index (χ0v) is 21.0. The normalized spacial score (nSPS) is 19.4. The van der Waals surface area contributed by atoms with Gasteiger partial charge in [0.2, 0.25) is 5.91 Å². The summed E-state index contributed by atoms with van der Waals surface area (Å²) in [7, 11) is 0. The number of hydrogen-bond donors (Lipinski definition) is 1. The molecule has 0 saturated carbocycles. The van der Waals surface area contributed by atoms with E-state index in [1.165, 1.54) is 22.6 Å². The molecule has 0 radical (unpaired) electrons. The van der Waals surface area contributed by atoms with Gasteiger partial charge in [-0.15, -0.1) is 0 Å². The first-order chi connectivity index (χ1) is 17.0. The highest BCUT2D eigenvalue weighted by molar-refractivity contribution is 7.80. The van der Waals surface area contributed by atoms with Crippen LogP contribution >= 0.6 is 12.2 Å². The lowest BCUT2D eigenvalue weighted by molar-refractivity contribution is -0.127. The molecular formula is C27H33FN4O2S. The first-order valence-electron chi connectivity index (χ1n) is 12.4. The highest BCUT2D eigenvalue weighted by Crippen LogP contribution is 2.28. The minimum atomic E-state index is -0.658. The number of piperidine rings is 1. The van der Waals surface area contributed by atoms with Crippen LogP contribution in [0.1, 0.15) is 31.7 Å². The van der Waals surface area contributed by atoms with E-state index in [2.05, 4.69) is 40.5 Å². The van der Waals surface area contributed by atoms with E-state index in [4.69, 9.17) is 12.2 Å². The topological polar surface area (TPSA) is 55.9 Å². The standard InChI is InChI=1S/C27H33FN4O2S/c1-2-29-25(33)19-24-26(34)32(23-10-8-22(28)9-11-23)27(35)31(24)17-16-30-14-12-21(13-15-30)18-20-6-4-3-5-7-20/h3-11,21,24H,2,12-19H2,1H3,(H,29,33). The molecule has 2 saturated heterocycles. The van der Waals surface area contributed by atoms with E-state index in [1.807, 2.05) is 11.8 Å². The van der Waals surface area contributed by atoms with Crippen molar-refractivity contribution in [3.05, 3.63) is 66.0 Å². The van der Waals surface area contributed by atoms with Crippen LogP contribution in [-0.2, 0) is 16.0 Å². The number of halogens is 1. The van der Waals surface area contributed by atoms with Gasteiger partial charge >= 0.3 is 0 Å².